The Labute approximate surface area is 172 Å². The van der Waals surface area contributed by atoms with Crippen LogP contribution in [0.1, 0.15) is 25.3 Å². The molecule has 0 aliphatic carbocycles. The molecular weight excluding hydrogens is 388 g/mol. The van der Waals surface area contributed by atoms with Crippen molar-refractivity contribution in [2.45, 2.75) is 37.6 Å². The van der Waals surface area contributed by atoms with Gasteiger partial charge < -0.3 is 10.1 Å². The first kappa shape index (κ1) is 21.3. The largest absolute Gasteiger partial charge is 0.491 e. The van der Waals surface area contributed by atoms with E-state index < -0.39 is 10.0 Å². The Morgan fingerprint density at radius 1 is 1.10 bits per heavy atom. The maximum absolute atomic E-state index is 12.7. The van der Waals surface area contributed by atoms with Crippen LogP contribution in [0.15, 0.2) is 59.5 Å². The molecule has 0 radical (unpaired) electrons. The molecule has 1 N–H and O–H groups in total. The summed E-state index contributed by atoms with van der Waals surface area (Å²) in [5.74, 6) is 0.591. The first-order valence-corrected chi connectivity index (χ1v) is 11.4. The van der Waals surface area contributed by atoms with E-state index >= 15 is 0 Å². The van der Waals surface area contributed by atoms with Gasteiger partial charge in [-0.15, -0.1) is 0 Å². The molecule has 1 heterocycles. The molecule has 29 heavy (non-hydrogen) atoms. The van der Waals surface area contributed by atoms with Crippen molar-refractivity contribution in [1.82, 2.24) is 9.62 Å². The SMILES string of the molecule is Cc1ccccc1OC[C@@H](C)NC(=O)C1CCN(S(=O)(=O)c2ccccc2)CC1. The summed E-state index contributed by atoms with van der Waals surface area (Å²) < 4.78 is 32.7. The average molecular weight is 417 g/mol. The number of sulfonamides is 1. The number of hydrogen-bond donors (Lipinski definition) is 1. The number of hydrogen-bond acceptors (Lipinski definition) is 4. The van der Waals surface area contributed by atoms with Crippen molar-refractivity contribution in [3.05, 3.63) is 60.2 Å². The van der Waals surface area contributed by atoms with Gasteiger partial charge in [-0.1, -0.05) is 36.4 Å². The Balaban J connectivity index is 1.48. The number of para-hydroxylation sites is 1. The van der Waals surface area contributed by atoms with E-state index in [2.05, 4.69) is 5.32 Å². The Morgan fingerprint density at radius 2 is 1.72 bits per heavy atom. The van der Waals surface area contributed by atoms with Crippen molar-refractivity contribution < 1.29 is 17.9 Å². The Bertz CT molecular complexity index is 923. The number of amides is 1. The molecule has 3 rings (SSSR count). The van der Waals surface area contributed by atoms with Crippen molar-refractivity contribution in [3.8, 4) is 5.75 Å². The predicted molar refractivity (Wildman–Crippen MR) is 112 cm³/mol. The van der Waals surface area contributed by atoms with Crippen LogP contribution in [0.2, 0.25) is 0 Å². The smallest absolute Gasteiger partial charge is 0.243 e. The number of carbonyl (C=O) groups excluding carboxylic acids is 1. The lowest BCUT2D eigenvalue weighted by atomic mass is 9.97. The lowest BCUT2D eigenvalue weighted by Crippen LogP contribution is -2.45. The fraction of sp³-hybridized carbons (Fsp3) is 0.409. The highest BCUT2D eigenvalue weighted by Crippen LogP contribution is 2.24. The number of benzene rings is 2. The minimum absolute atomic E-state index is 0.0392. The number of rotatable bonds is 7. The zero-order chi connectivity index (χ0) is 20.9. The fourth-order valence-corrected chi connectivity index (χ4v) is 4.93. The van der Waals surface area contributed by atoms with E-state index in [9.17, 15) is 13.2 Å². The molecule has 7 heteroatoms. The third-order valence-electron chi connectivity index (χ3n) is 5.18. The van der Waals surface area contributed by atoms with Crippen LogP contribution in [-0.2, 0) is 14.8 Å². The maximum Gasteiger partial charge on any atom is 0.243 e. The standard InChI is InChI=1S/C22H28N2O4S/c1-17-8-6-7-11-21(17)28-16-18(2)23-22(25)19-12-14-24(15-13-19)29(26,27)20-9-4-3-5-10-20/h3-11,18-19H,12-16H2,1-2H3,(H,23,25)/t18-/m1/s1. The van der Waals surface area contributed by atoms with Gasteiger partial charge in [-0.3, -0.25) is 4.79 Å². The predicted octanol–water partition coefficient (Wildman–Crippen LogP) is 2.98. The summed E-state index contributed by atoms with van der Waals surface area (Å²) in [7, 11) is -3.50. The highest BCUT2D eigenvalue weighted by atomic mass is 32.2. The second-order valence-electron chi connectivity index (χ2n) is 7.48. The summed E-state index contributed by atoms with van der Waals surface area (Å²) in [4.78, 5) is 12.9. The van der Waals surface area contributed by atoms with Gasteiger partial charge in [-0.05, 0) is 50.5 Å². The molecule has 1 aliphatic rings. The van der Waals surface area contributed by atoms with Crippen molar-refractivity contribution in [2.75, 3.05) is 19.7 Å². The van der Waals surface area contributed by atoms with Crippen molar-refractivity contribution in [3.63, 3.8) is 0 Å². The Hall–Kier alpha value is -2.38. The van der Waals surface area contributed by atoms with E-state index in [4.69, 9.17) is 4.74 Å². The summed E-state index contributed by atoms with van der Waals surface area (Å²) in [6.07, 6.45) is 1.03. The highest BCUT2D eigenvalue weighted by Gasteiger charge is 2.32. The number of aryl methyl sites for hydroxylation is 1. The molecule has 0 saturated carbocycles. The van der Waals surface area contributed by atoms with Crippen LogP contribution >= 0.6 is 0 Å². The molecule has 0 bridgehead atoms. The maximum atomic E-state index is 12.7. The number of piperidine rings is 1. The number of carbonyl (C=O) groups is 1. The molecule has 1 saturated heterocycles. The minimum Gasteiger partial charge on any atom is -0.491 e. The zero-order valence-corrected chi connectivity index (χ0v) is 17.7. The van der Waals surface area contributed by atoms with Gasteiger partial charge in [0.2, 0.25) is 15.9 Å². The molecule has 1 aliphatic heterocycles. The van der Waals surface area contributed by atoms with E-state index in [1.165, 1.54) is 4.31 Å². The minimum atomic E-state index is -3.50. The summed E-state index contributed by atoms with van der Waals surface area (Å²) in [5.41, 5.74) is 1.05. The fourth-order valence-electron chi connectivity index (χ4n) is 3.44. The summed E-state index contributed by atoms with van der Waals surface area (Å²) in [6.45, 7) is 4.98. The molecule has 1 amide bonds. The monoisotopic (exact) mass is 416 g/mol. The van der Waals surface area contributed by atoms with Gasteiger partial charge in [-0.25, -0.2) is 8.42 Å². The number of nitrogens with zero attached hydrogens (tertiary/aromatic N) is 1. The van der Waals surface area contributed by atoms with Gasteiger partial charge in [0.05, 0.1) is 10.9 Å². The van der Waals surface area contributed by atoms with E-state index in [1.54, 1.807) is 30.3 Å². The first-order valence-electron chi connectivity index (χ1n) is 9.92. The van der Waals surface area contributed by atoms with Crippen LogP contribution < -0.4 is 10.1 Å². The third-order valence-corrected chi connectivity index (χ3v) is 7.09. The van der Waals surface area contributed by atoms with Crippen molar-refractivity contribution in [2.24, 2.45) is 5.92 Å². The Morgan fingerprint density at radius 3 is 2.38 bits per heavy atom. The quantitative estimate of drug-likeness (QED) is 0.753. The lowest BCUT2D eigenvalue weighted by molar-refractivity contribution is -0.126. The molecule has 6 nitrogen and oxygen atoms in total. The second kappa shape index (κ2) is 9.41. The molecule has 1 fully saturated rings. The third kappa shape index (κ3) is 5.36. The molecule has 0 aromatic heterocycles. The van der Waals surface area contributed by atoms with E-state index in [1.807, 2.05) is 38.1 Å². The van der Waals surface area contributed by atoms with Crippen LogP contribution in [0.25, 0.3) is 0 Å². The van der Waals surface area contributed by atoms with Gasteiger partial charge in [0.25, 0.3) is 0 Å². The van der Waals surface area contributed by atoms with E-state index in [0.29, 0.717) is 37.4 Å². The Kier molecular flexibility index (Phi) is 6.92. The molecular formula is C22H28N2O4S. The van der Waals surface area contributed by atoms with Gasteiger partial charge in [-0.2, -0.15) is 4.31 Å². The number of nitrogens with one attached hydrogen (secondary N) is 1. The van der Waals surface area contributed by atoms with E-state index in [0.717, 1.165) is 11.3 Å². The first-order chi connectivity index (χ1) is 13.9. The molecule has 2 aromatic carbocycles. The van der Waals surface area contributed by atoms with E-state index in [-0.39, 0.29) is 17.9 Å². The summed E-state index contributed by atoms with van der Waals surface area (Å²) in [5, 5.41) is 2.99. The van der Waals surface area contributed by atoms with Gasteiger partial charge in [0.1, 0.15) is 12.4 Å². The van der Waals surface area contributed by atoms with Gasteiger partial charge >= 0.3 is 0 Å². The second-order valence-corrected chi connectivity index (χ2v) is 9.42. The van der Waals surface area contributed by atoms with Crippen LogP contribution in [-0.4, -0.2) is 44.4 Å². The highest BCUT2D eigenvalue weighted by molar-refractivity contribution is 7.89. The lowest BCUT2D eigenvalue weighted by Gasteiger charge is -2.31. The molecule has 2 aromatic rings. The van der Waals surface area contributed by atoms with Crippen molar-refractivity contribution >= 4 is 15.9 Å². The molecule has 0 spiro atoms. The number of ether oxygens (including phenoxy) is 1. The summed E-state index contributed by atoms with van der Waals surface area (Å²) in [6, 6.07) is 16.1. The van der Waals surface area contributed by atoms with Crippen LogP contribution in [0.3, 0.4) is 0 Å². The van der Waals surface area contributed by atoms with Crippen LogP contribution in [0, 0.1) is 12.8 Å². The normalized spacial score (nSPS) is 16.9. The zero-order valence-electron chi connectivity index (χ0n) is 16.9. The summed E-state index contributed by atoms with van der Waals surface area (Å²) >= 11 is 0. The van der Waals surface area contributed by atoms with Crippen LogP contribution in [0.5, 0.6) is 5.75 Å². The van der Waals surface area contributed by atoms with Crippen molar-refractivity contribution in [1.29, 1.82) is 0 Å². The van der Waals surface area contributed by atoms with Gasteiger partial charge in [0.15, 0.2) is 0 Å². The average Bonchev–Trinajstić information content (AvgIpc) is 2.74. The molecule has 1 atom stereocenters. The van der Waals surface area contributed by atoms with Gasteiger partial charge in [0, 0.05) is 19.0 Å². The molecule has 0 unspecified atom stereocenters. The molecule has 156 valence electrons. The van der Waals surface area contributed by atoms with Crippen LogP contribution in [0.4, 0.5) is 0 Å². The topological polar surface area (TPSA) is 75.7 Å².